The van der Waals surface area contributed by atoms with Gasteiger partial charge in [0.1, 0.15) is 4.32 Å². The smallest absolute Gasteiger partial charge is 0.230 e. The summed E-state index contributed by atoms with van der Waals surface area (Å²) in [6.45, 7) is 2.24. The van der Waals surface area contributed by atoms with Crippen LogP contribution in [0.5, 0.6) is 0 Å². The van der Waals surface area contributed by atoms with Gasteiger partial charge < -0.3 is 10.2 Å². The van der Waals surface area contributed by atoms with Crippen molar-refractivity contribution in [3.05, 3.63) is 0 Å². The monoisotopic (exact) mass is 340 g/mol. The van der Waals surface area contributed by atoms with E-state index in [0.717, 1.165) is 22.1 Å². The minimum atomic E-state index is 0.137. The highest BCUT2D eigenvalue weighted by Gasteiger charge is 2.53. The van der Waals surface area contributed by atoms with Crippen molar-refractivity contribution in [2.24, 2.45) is 23.2 Å². The lowest BCUT2D eigenvalue weighted by atomic mass is 9.48. The summed E-state index contributed by atoms with van der Waals surface area (Å²) in [5.41, 5.74) is 0.386. The molecule has 3 nitrogen and oxygen atoms in total. The highest BCUT2D eigenvalue weighted by Crippen LogP contribution is 2.61. The van der Waals surface area contributed by atoms with Crippen LogP contribution in [0.25, 0.3) is 0 Å². The Morgan fingerprint density at radius 2 is 1.73 bits per heavy atom. The second-order valence-corrected chi connectivity index (χ2v) is 9.63. The first kappa shape index (κ1) is 16.6. The molecule has 22 heavy (non-hydrogen) atoms. The zero-order valence-corrected chi connectivity index (χ0v) is 15.6. The molecule has 1 N–H and O–H groups in total. The Morgan fingerprint density at radius 3 is 2.18 bits per heavy atom. The molecule has 0 unspecified atom stereocenters. The summed E-state index contributed by atoms with van der Waals surface area (Å²) in [5.74, 6) is 3.37. The van der Waals surface area contributed by atoms with Gasteiger partial charge >= 0.3 is 0 Å². The number of hydrogen-bond acceptors (Lipinski definition) is 3. The third kappa shape index (κ3) is 3.30. The van der Waals surface area contributed by atoms with Gasteiger partial charge in [-0.3, -0.25) is 4.79 Å². The van der Waals surface area contributed by atoms with Crippen LogP contribution in [0.1, 0.15) is 45.4 Å². The van der Waals surface area contributed by atoms with Gasteiger partial charge in [-0.25, -0.2) is 0 Å². The van der Waals surface area contributed by atoms with Gasteiger partial charge in [0.2, 0.25) is 5.91 Å². The molecule has 4 rings (SSSR count). The zero-order chi connectivity index (χ0) is 15.9. The first-order valence-corrected chi connectivity index (χ1v) is 9.91. The second-order valence-electron chi connectivity index (χ2n) is 8.02. The van der Waals surface area contributed by atoms with Crippen molar-refractivity contribution in [2.75, 3.05) is 19.8 Å². The number of amides is 1. The predicted octanol–water partition coefficient (Wildman–Crippen LogP) is 3.29. The first-order chi connectivity index (χ1) is 10.4. The van der Waals surface area contributed by atoms with Gasteiger partial charge in [-0.1, -0.05) is 24.0 Å². The Balaban J connectivity index is 1.54. The van der Waals surface area contributed by atoms with Crippen LogP contribution in [0, 0.1) is 23.2 Å². The molecule has 0 spiro atoms. The van der Waals surface area contributed by atoms with Gasteiger partial charge in [0, 0.05) is 20.1 Å². The molecule has 0 aromatic carbocycles. The Hall–Kier alpha value is -0.290. The fourth-order valence-corrected chi connectivity index (χ4v) is 6.17. The molecule has 5 heteroatoms. The number of thioether (sulfide) groups is 1. The normalized spacial score (nSPS) is 37.0. The van der Waals surface area contributed by atoms with Gasteiger partial charge in [-0.05, 0) is 68.6 Å². The molecule has 4 aliphatic rings. The fourth-order valence-electron chi connectivity index (χ4n) is 5.40. The molecule has 1 atom stereocenters. The van der Waals surface area contributed by atoms with Crippen molar-refractivity contribution in [3.8, 4) is 0 Å². The average molecular weight is 341 g/mol. The van der Waals surface area contributed by atoms with E-state index in [0.29, 0.717) is 17.2 Å². The van der Waals surface area contributed by atoms with Crippen LogP contribution in [-0.4, -0.2) is 41.0 Å². The molecule has 4 fully saturated rings. The number of thiocarbonyl (C=S) groups is 1. The largest absolute Gasteiger partial charge is 0.364 e. The molecule has 124 valence electrons. The highest BCUT2D eigenvalue weighted by molar-refractivity contribution is 8.23. The van der Waals surface area contributed by atoms with Crippen LogP contribution < -0.4 is 5.32 Å². The predicted molar refractivity (Wildman–Crippen MR) is 97.0 cm³/mol. The van der Waals surface area contributed by atoms with Gasteiger partial charge in [0.25, 0.3) is 0 Å². The van der Waals surface area contributed by atoms with E-state index in [1.807, 2.05) is 19.0 Å². The molecule has 1 amide bonds. The maximum Gasteiger partial charge on any atom is 0.230 e. The summed E-state index contributed by atoms with van der Waals surface area (Å²) in [5, 5.41) is 3.29. The molecule has 0 aromatic rings. The minimum absolute atomic E-state index is 0.137. The van der Waals surface area contributed by atoms with E-state index in [2.05, 4.69) is 12.2 Å². The van der Waals surface area contributed by atoms with Crippen molar-refractivity contribution >= 4 is 34.2 Å². The van der Waals surface area contributed by atoms with E-state index in [1.54, 1.807) is 0 Å². The second kappa shape index (κ2) is 6.31. The molecule has 0 aromatic heterocycles. The Bertz CT molecular complexity index is 428. The SMILES string of the molecule is C[C@@H](NC(=O)CSC(=S)N(C)C)C12CC3CC(CC(C3)C1)C2. The molecule has 4 bridgehead atoms. The van der Waals surface area contributed by atoms with E-state index >= 15 is 0 Å². The van der Waals surface area contributed by atoms with E-state index in [-0.39, 0.29) is 5.91 Å². The maximum absolute atomic E-state index is 12.3. The van der Waals surface area contributed by atoms with Crippen molar-refractivity contribution < 1.29 is 4.79 Å². The molecule has 0 heterocycles. The zero-order valence-electron chi connectivity index (χ0n) is 13.9. The maximum atomic E-state index is 12.3. The quantitative estimate of drug-likeness (QED) is 0.796. The third-order valence-corrected chi connectivity index (χ3v) is 7.81. The van der Waals surface area contributed by atoms with Gasteiger partial charge in [0.15, 0.2) is 0 Å². The van der Waals surface area contributed by atoms with Crippen molar-refractivity contribution in [2.45, 2.75) is 51.5 Å². The molecular weight excluding hydrogens is 312 g/mol. The minimum Gasteiger partial charge on any atom is -0.364 e. The van der Waals surface area contributed by atoms with Crippen molar-refractivity contribution in [1.29, 1.82) is 0 Å². The fraction of sp³-hybridized carbons (Fsp3) is 0.882. The van der Waals surface area contributed by atoms with Gasteiger partial charge in [-0.15, -0.1) is 0 Å². The standard InChI is InChI=1S/C17H28N2OS2/c1-11(18-15(20)10-22-16(21)19(2)3)17-7-12-4-13(8-17)6-14(5-12)9-17/h11-14H,4-10H2,1-3H3,(H,18,20)/t11-,12?,13?,14?,17?/m1/s1. The number of nitrogens with zero attached hydrogens (tertiary/aromatic N) is 1. The van der Waals surface area contributed by atoms with Crippen LogP contribution in [0.15, 0.2) is 0 Å². The van der Waals surface area contributed by atoms with Gasteiger partial charge in [0.05, 0.1) is 5.75 Å². The Morgan fingerprint density at radius 1 is 1.23 bits per heavy atom. The number of rotatable bonds is 4. The Kier molecular flexibility index (Phi) is 4.75. The number of nitrogens with one attached hydrogen (secondary N) is 1. The van der Waals surface area contributed by atoms with E-state index in [4.69, 9.17) is 12.2 Å². The number of hydrogen-bond donors (Lipinski definition) is 1. The molecule has 0 aliphatic heterocycles. The molecule has 4 aliphatic carbocycles. The van der Waals surface area contributed by atoms with E-state index in [9.17, 15) is 4.79 Å². The third-order valence-electron chi connectivity index (χ3n) is 6.07. The lowest BCUT2D eigenvalue weighted by Crippen LogP contribution is -2.56. The van der Waals surface area contributed by atoms with Crippen LogP contribution in [0.3, 0.4) is 0 Å². The molecule has 0 saturated heterocycles. The van der Waals surface area contributed by atoms with Crippen molar-refractivity contribution in [1.82, 2.24) is 10.2 Å². The summed E-state index contributed by atoms with van der Waals surface area (Å²) < 4.78 is 0.776. The topological polar surface area (TPSA) is 32.3 Å². The van der Waals surface area contributed by atoms with Crippen LogP contribution in [0.2, 0.25) is 0 Å². The summed E-state index contributed by atoms with van der Waals surface area (Å²) in [7, 11) is 3.84. The number of carbonyl (C=O) groups is 1. The summed E-state index contributed by atoms with van der Waals surface area (Å²) in [4.78, 5) is 14.1. The molecule has 4 saturated carbocycles. The summed E-state index contributed by atoms with van der Waals surface area (Å²) in [6.07, 6.45) is 8.36. The van der Waals surface area contributed by atoms with Crippen LogP contribution in [0.4, 0.5) is 0 Å². The highest BCUT2D eigenvalue weighted by atomic mass is 32.2. The van der Waals surface area contributed by atoms with E-state index < -0.39 is 0 Å². The molecule has 0 radical (unpaired) electrons. The van der Waals surface area contributed by atoms with E-state index in [1.165, 1.54) is 50.3 Å². The van der Waals surface area contributed by atoms with Crippen LogP contribution in [-0.2, 0) is 4.79 Å². The molecular formula is C17H28N2OS2. The van der Waals surface area contributed by atoms with Gasteiger partial charge in [-0.2, -0.15) is 0 Å². The first-order valence-electron chi connectivity index (χ1n) is 8.51. The summed E-state index contributed by atoms with van der Waals surface area (Å²) in [6, 6.07) is 0.307. The van der Waals surface area contributed by atoms with Crippen LogP contribution >= 0.6 is 24.0 Å². The Labute approximate surface area is 144 Å². The lowest BCUT2D eigenvalue weighted by Gasteiger charge is -2.59. The lowest BCUT2D eigenvalue weighted by molar-refractivity contribution is -0.123. The average Bonchev–Trinajstić information content (AvgIpc) is 2.43. The van der Waals surface area contributed by atoms with Crippen molar-refractivity contribution in [3.63, 3.8) is 0 Å². The summed E-state index contributed by atoms with van der Waals surface area (Å²) >= 11 is 6.69. The number of carbonyl (C=O) groups excluding carboxylic acids is 1.